The van der Waals surface area contributed by atoms with Crippen LogP contribution in [-0.4, -0.2) is 51.8 Å². The molecule has 0 bridgehead atoms. The molecule has 3 N–H and O–H groups in total. The third-order valence-corrected chi connectivity index (χ3v) is 5.71. The molecule has 0 saturated carbocycles. The van der Waals surface area contributed by atoms with Gasteiger partial charge in [-0.25, -0.2) is 9.78 Å². The summed E-state index contributed by atoms with van der Waals surface area (Å²) in [5, 5.41) is 14.1. The number of aromatic nitrogens is 2. The van der Waals surface area contributed by atoms with Crippen molar-refractivity contribution in [2.45, 2.75) is 31.8 Å². The molecule has 34 heavy (non-hydrogen) atoms. The quantitative estimate of drug-likeness (QED) is 0.449. The Hall–Kier alpha value is -4.14. The van der Waals surface area contributed by atoms with Gasteiger partial charge in [0.25, 0.3) is 5.91 Å². The Bertz CT molecular complexity index is 1160. The van der Waals surface area contributed by atoms with Gasteiger partial charge in [0, 0.05) is 31.2 Å². The number of nitrogens with zero attached hydrogens (tertiary/aromatic N) is 2. The molecule has 1 heterocycles. The number of carbonyl (C=O) groups excluding carboxylic acids is 2. The Kier molecular flexibility index (Phi) is 6.91. The molecule has 0 fully saturated rings. The van der Waals surface area contributed by atoms with E-state index in [0.717, 1.165) is 11.1 Å². The van der Waals surface area contributed by atoms with Gasteiger partial charge in [-0.15, -0.1) is 0 Å². The summed E-state index contributed by atoms with van der Waals surface area (Å²) in [6, 6.07) is 15.8. The van der Waals surface area contributed by atoms with Crippen LogP contribution in [0.2, 0.25) is 0 Å². The zero-order valence-corrected chi connectivity index (χ0v) is 18.7. The van der Waals surface area contributed by atoms with E-state index >= 15 is 0 Å². The molecule has 1 atom stereocenters. The highest BCUT2D eigenvalue weighted by atomic mass is 16.5. The normalized spacial score (nSPS) is 13.0. The molecule has 0 spiro atoms. The van der Waals surface area contributed by atoms with Crippen LogP contribution in [0.25, 0.3) is 11.1 Å². The van der Waals surface area contributed by atoms with Crippen molar-refractivity contribution < 1.29 is 24.2 Å². The lowest BCUT2D eigenvalue weighted by Gasteiger charge is -2.14. The van der Waals surface area contributed by atoms with E-state index in [0.29, 0.717) is 13.1 Å². The number of carbonyl (C=O) groups is 3. The fraction of sp³-hybridized carbons (Fsp3) is 0.280. The van der Waals surface area contributed by atoms with Crippen molar-refractivity contribution in [2.75, 3.05) is 13.2 Å². The second kappa shape index (κ2) is 10.2. The first-order valence-corrected chi connectivity index (χ1v) is 11.1. The molecule has 0 aliphatic heterocycles. The summed E-state index contributed by atoms with van der Waals surface area (Å²) < 4.78 is 7.18. The molecule has 4 rings (SSSR count). The lowest BCUT2D eigenvalue weighted by molar-refractivity contribution is -0.137. The third kappa shape index (κ3) is 5.25. The highest BCUT2D eigenvalue weighted by Crippen LogP contribution is 2.44. The van der Waals surface area contributed by atoms with Crippen LogP contribution in [0.3, 0.4) is 0 Å². The first-order valence-electron chi connectivity index (χ1n) is 11.1. The summed E-state index contributed by atoms with van der Waals surface area (Å²) in [7, 11) is 0. The molecule has 2 amide bonds. The first-order chi connectivity index (χ1) is 16.4. The smallest absolute Gasteiger partial charge is 0.407 e. The number of nitrogens with one attached hydrogen (secondary N) is 2. The minimum Gasteiger partial charge on any atom is -0.481 e. The van der Waals surface area contributed by atoms with E-state index in [4.69, 9.17) is 9.84 Å². The number of alkyl carbamates (subject to hydrolysis) is 1. The predicted molar refractivity (Wildman–Crippen MR) is 124 cm³/mol. The number of aliphatic carboxylic acids is 1. The van der Waals surface area contributed by atoms with Crippen molar-refractivity contribution in [1.29, 1.82) is 0 Å². The lowest BCUT2D eigenvalue weighted by Crippen LogP contribution is -2.34. The Morgan fingerprint density at radius 2 is 1.74 bits per heavy atom. The summed E-state index contributed by atoms with van der Waals surface area (Å²) in [4.78, 5) is 39.2. The molecule has 0 unspecified atom stereocenters. The average Bonchev–Trinajstić information content (AvgIpc) is 3.40. The Morgan fingerprint density at radius 1 is 1.09 bits per heavy atom. The maximum absolute atomic E-state index is 12.3. The van der Waals surface area contributed by atoms with E-state index < -0.39 is 24.0 Å². The maximum atomic E-state index is 12.3. The van der Waals surface area contributed by atoms with Crippen LogP contribution in [-0.2, 0) is 16.1 Å². The number of hydrogen-bond acceptors (Lipinski definition) is 5. The monoisotopic (exact) mass is 462 g/mol. The molecule has 9 nitrogen and oxygen atoms in total. The molecule has 2 aromatic carbocycles. The maximum Gasteiger partial charge on any atom is 0.407 e. The van der Waals surface area contributed by atoms with Gasteiger partial charge in [-0.2, -0.15) is 0 Å². The van der Waals surface area contributed by atoms with Crippen LogP contribution in [0.4, 0.5) is 4.79 Å². The lowest BCUT2D eigenvalue weighted by atomic mass is 9.98. The highest BCUT2D eigenvalue weighted by Gasteiger charge is 2.28. The standard InChI is InChI=1S/C25H26N4O5/c1-16(12-23(30)31)28-24(32)22-13-29(15-27-22)11-10-26-25(33)34-14-21-19-8-4-2-6-17(19)18-7-3-5-9-20(18)21/h2-9,13,15-16,21H,10-12,14H2,1H3,(H,26,33)(H,28,32)(H,30,31)/t16-/m0/s1. The van der Waals surface area contributed by atoms with Crippen LogP contribution in [0.1, 0.15) is 40.9 Å². The second-order valence-electron chi connectivity index (χ2n) is 8.22. The zero-order valence-electron chi connectivity index (χ0n) is 18.7. The van der Waals surface area contributed by atoms with Gasteiger partial charge in [0.1, 0.15) is 12.3 Å². The van der Waals surface area contributed by atoms with Crippen molar-refractivity contribution in [3.63, 3.8) is 0 Å². The number of amides is 2. The molecule has 1 aliphatic carbocycles. The Balaban J connectivity index is 1.24. The average molecular weight is 463 g/mol. The minimum absolute atomic E-state index is 0.00334. The van der Waals surface area contributed by atoms with Crippen molar-refractivity contribution in [1.82, 2.24) is 20.2 Å². The van der Waals surface area contributed by atoms with Gasteiger partial charge in [0.05, 0.1) is 12.7 Å². The van der Waals surface area contributed by atoms with E-state index in [9.17, 15) is 14.4 Å². The molecule has 1 aliphatic rings. The van der Waals surface area contributed by atoms with E-state index in [2.05, 4.69) is 39.9 Å². The Labute approximate surface area is 196 Å². The van der Waals surface area contributed by atoms with E-state index in [-0.39, 0.29) is 24.6 Å². The van der Waals surface area contributed by atoms with Crippen LogP contribution < -0.4 is 10.6 Å². The first kappa shape index (κ1) is 23.0. The van der Waals surface area contributed by atoms with Gasteiger partial charge < -0.3 is 25.0 Å². The molecule has 0 saturated heterocycles. The van der Waals surface area contributed by atoms with Crippen molar-refractivity contribution in [3.05, 3.63) is 77.9 Å². The van der Waals surface area contributed by atoms with Crippen molar-refractivity contribution in [2.24, 2.45) is 0 Å². The zero-order chi connectivity index (χ0) is 24.1. The number of fused-ring (bicyclic) bond motifs is 3. The van der Waals surface area contributed by atoms with Crippen LogP contribution >= 0.6 is 0 Å². The summed E-state index contributed by atoms with van der Waals surface area (Å²) >= 11 is 0. The van der Waals surface area contributed by atoms with Gasteiger partial charge in [-0.1, -0.05) is 48.5 Å². The largest absolute Gasteiger partial charge is 0.481 e. The van der Waals surface area contributed by atoms with Crippen LogP contribution in [0.15, 0.2) is 61.1 Å². The highest BCUT2D eigenvalue weighted by molar-refractivity contribution is 5.92. The number of benzene rings is 2. The van der Waals surface area contributed by atoms with Gasteiger partial charge in [0.15, 0.2) is 0 Å². The fourth-order valence-electron chi connectivity index (χ4n) is 4.15. The summed E-state index contributed by atoms with van der Waals surface area (Å²) in [5.41, 5.74) is 4.82. The molecule has 176 valence electrons. The fourth-order valence-corrected chi connectivity index (χ4v) is 4.15. The minimum atomic E-state index is -0.988. The van der Waals surface area contributed by atoms with Gasteiger partial charge in [-0.3, -0.25) is 9.59 Å². The van der Waals surface area contributed by atoms with Crippen LogP contribution in [0, 0.1) is 0 Å². The number of carboxylic acid groups (broad SMARTS) is 1. The topological polar surface area (TPSA) is 123 Å². The molecule has 1 aromatic heterocycles. The van der Waals surface area contributed by atoms with Gasteiger partial charge in [-0.05, 0) is 29.2 Å². The number of rotatable bonds is 9. The number of imidazole rings is 1. The van der Waals surface area contributed by atoms with Gasteiger partial charge >= 0.3 is 12.1 Å². The number of hydrogen-bond donors (Lipinski definition) is 3. The number of ether oxygens (including phenoxy) is 1. The van der Waals surface area contributed by atoms with Crippen molar-refractivity contribution >= 4 is 18.0 Å². The summed E-state index contributed by atoms with van der Waals surface area (Å²) in [6.07, 6.45) is 2.34. The molecule has 9 heteroatoms. The molecule has 0 radical (unpaired) electrons. The third-order valence-electron chi connectivity index (χ3n) is 5.71. The SMILES string of the molecule is C[C@@H](CC(=O)O)NC(=O)c1cn(CCNC(=O)OCC2c3ccccc3-c3ccccc32)cn1. The number of carboxylic acids is 1. The Morgan fingerprint density at radius 3 is 2.38 bits per heavy atom. The molecular formula is C25H26N4O5. The summed E-state index contributed by atoms with van der Waals surface area (Å²) in [5.74, 6) is -1.44. The van der Waals surface area contributed by atoms with E-state index in [1.807, 2.05) is 24.3 Å². The van der Waals surface area contributed by atoms with Crippen molar-refractivity contribution in [3.8, 4) is 11.1 Å². The second-order valence-corrected chi connectivity index (χ2v) is 8.22. The molecular weight excluding hydrogens is 436 g/mol. The van der Waals surface area contributed by atoms with E-state index in [1.54, 1.807) is 17.7 Å². The van der Waals surface area contributed by atoms with E-state index in [1.165, 1.54) is 17.5 Å². The summed E-state index contributed by atoms with van der Waals surface area (Å²) in [6.45, 7) is 2.55. The predicted octanol–water partition coefficient (Wildman–Crippen LogP) is 3.01. The van der Waals surface area contributed by atoms with Gasteiger partial charge in [0.2, 0.25) is 0 Å². The molecule has 3 aromatic rings. The van der Waals surface area contributed by atoms with Crippen LogP contribution in [0.5, 0.6) is 0 Å².